The maximum absolute atomic E-state index is 13.2. The Bertz CT molecular complexity index is 1590. The van der Waals surface area contributed by atoms with Gasteiger partial charge in [-0.3, -0.25) is 4.79 Å². The lowest BCUT2D eigenvalue weighted by molar-refractivity contribution is 0.0767. The molecule has 5 aromatic rings. The number of anilines is 1. The molecule has 1 aliphatic heterocycles. The van der Waals surface area contributed by atoms with E-state index in [9.17, 15) is 4.79 Å². The highest BCUT2D eigenvalue weighted by molar-refractivity contribution is 5.94. The highest BCUT2D eigenvalue weighted by Gasteiger charge is 2.24. The minimum atomic E-state index is 0.0849. The van der Waals surface area contributed by atoms with Gasteiger partial charge in [0.2, 0.25) is 0 Å². The van der Waals surface area contributed by atoms with E-state index in [0.717, 1.165) is 59.0 Å². The van der Waals surface area contributed by atoms with Crippen molar-refractivity contribution in [1.29, 1.82) is 0 Å². The molecule has 0 N–H and O–H groups in total. The standard InChI is InChI=1S/C32H32N6O/c1-23-9-13-25(14-10-23)21-29-34-30(28-22-33-38(31(28)35-29)27-7-4-3-5-8-27)36-17-6-18-37(20-19-36)32(39)26-15-11-24(2)12-16-26/h3-5,7-16,22H,6,17-21H2,1-2H3. The molecule has 0 radical (unpaired) electrons. The average molecular weight is 517 g/mol. The summed E-state index contributed by atoms with van der Waals surface area (Å²) in [4.78, 5) is 27.6. The molecule has 3 heterocycles. The summed E-state index contributed by atoms with van der Waals surface area (Å²) in [6.07, 6.45) is 3.37. The number of aryl methyl sites for hydroxylation is 2. The van der Waals surface area contributed by atoms with Crippen molar-refractivity contribution in [3.63, 3.8) is 0 Å². The number of rotatable bonds is 5. The van der Waals surface area contributed by atoms with Gasteiger partial charge in [0.1, 0.15) is 11.6 Å². The first-order valence-electron chi connectivity index (χ1n) is 13.5. The molecule has 0 saturated carbocycles. The highest BCUT2D eigenvalue weighted by atomic mass is 16.2. The first-order chi connectivity index (χ1) is 19.0. The maximum Gasteiger partial charge on any atom is 0.253 e. The molecule has 0 atom stereocenters. The van der Waals surface area contributed by atoms with Crippen LogP contribution in [0.4, 0.5) is 5.82 Å². The lowest BCUT2D eigenvalue weighted by Gasteiger charge is -2.24. The van der Waals surface area contributed by atoms with E-state index < -0.39 is 0 Å². The van der Waals surface area contributed by atoms with Crippen LogP contribution in [0.5, 0.6) is 0 Å². The molecule has 0 spiro atoms. The number of fused-ring (bicyclic) bond motifs is 1. The van der Waals surface area contributed by atoms with Crippen LogP contribution in [0.3, 0.4) is 0 Å². The Morgan fingerprint density at radius 1 is 0.795 bits per heavy atom. The number of carbonyl (C=O) groups excluding carboxylic acids is 1. The van der Waals surface area contributed by atoms with E-state index in [1.165, 1.54) is 11.1 Å². The number of carbonyl (C=O) groups is 1. The van der Waals surface area contributed by atoms with E-state index >= 15 is 0 Å². The topological polar surface area (TPSA) is 67.2 Å². The third kappa shape index (κ3) is 5.25. The van der Waals surface area contributed by atoms with E-state index in [0.29, 0.717) is 19.5 Å². The molecule has 0 bridgehead atoms. The average Bonchev–Trinajstić information content (AvgIpc) is 3.23. The monoisotopic (exact) mass is 516 g/mol. The molecular formula is C32H32N6O. The summed E-state index contributed by atoms with van der Waals surface area (Å²) in [6.45, 7) is 6.99. The van der Waals surface area contributed by atoms with Crippen LogP contribution in [-0.4, -0.2) is 56.7 Å². The fourth-order valence-electron chi connectivity index (χ4n) is 5.11. The Balaban J connectivity index is 1.34. The highest BCUT2D eigenvalue weighted by Crippen LogP contribution is 2.28. The van der Waals surface area contributed by atoms with E-state index in [4.69, 9.17) is 15.1 Å². The van der Waals surface area contributed by atoms with Crippen molar-refractivity contribution in [2.75, 3.05) is 31.1 Å². The third-order valence-corrected chi connectivity index (χ3v) is 7.32. The first-order valence-corrected chi connectivity index (χ1v) is 13.5. The molecule has 0 aliphatic carbocycles. The number of benzene rings is 3. The molecule has 3 aromatic carbocycles. The van der Waals surface area contributed by atoms with Crippen LogP contribution in [0.15, 0.2) is 85.1 Å². The van der Waals surface area contributed by atoms with Crippen molar-refractivity contribution in [2.45, 2.75) is 26.7 Å². The predicted octanol–water partition coefficient (Wildman–Crippen LogP) is 5.38. The van der Waals surface area contributed by atoms with E-state index in [1.807, 2.05) is 77.3 Å². The van der Waals surface area contributed by atoms with Crippen LogP contribution in [-0.2, 0) is 6.42 Å². The van der Waals surface area contributed by atoms with Gasteiger partial charge in [0.05, 0.1) is 17.3 Å². The van der Waals surface area contributed by atoms with Gasteiger partial charge < -0.3 is 9.80 Å². The number of hydrogen-bond acceptors (Lipinski definition) is 5. The van der Waals surface area contributed by atoms with Gasteiger partial charge >= 0.3 is 0 Å². The summed E-state index contributed by atoms with van der Waals surface area (Å²) >= 11 is 0. The largest absolute Gasteiger partial charge is 0.354 e. The lowest BCUT2D eigenvalue weighted by Crippen LogP contribution is -2.35. The molecule has 1 saturated heterocycles. The predicted molar refractivity (Wildman–Crippen MR) is 155 cm³/mol. The quantitative estimate of drug-likeness (QED) is 0.314. The van der Waals surface area contributed by atoms with Crippen molar-refractivity contribution < 1.29 is 4.79 Å². The SMILES string of the molecule is Cc1ccc(Cc2nc(N3CCCN(C(=O)c4ccc(C)cc4)CC3)c3cnn(-c4ccccc4)c3n2)cc1. The minimum absolute atomic E-state index is 0.0849. The summed E-state index contributed by atoms with van der Waals surface area (Å²) in [5.41, 5.74) is 6.05. The molecule has 0 unspecified atom stereocenters. The van der Waals surface area contributed by atoms with E-state index in [-0.39, 0.29) is 5.91 Å². The van der Waals surface area contributed by atoms with E-state index in [1.54, 1.807) is 0 Å². The zero-order chi connectivity index (χ0) is 26.8. The number of hydrogen-bond donors (Lipinski definition) is 0. The maximum atomic E-state index is 13.2. The zero-order valence-corrected chi connectivity index (χ0v) is 22.4. The fraction of sp³-hybridized carbons (Fsp3) is 0.250. The van der Waals surface area contributed by atoms with Gasteiger partial charge in [0, 0.05) is 38.2 Å². The second-order valence-electron chi connectivity index (χ2n) is 10.3. The van der Waals surface area contributed by atoms with Gasteiger partial charge in [-0.05, 0) is 50.1 Å². The summed E-state index contributed by atoms with van der Waals surface area (Å²) in [6, 6.07) is 26.4. The summed E-state index contributed by atoms with van der Waals surface area (Å²) < 4.78 is 1.89. The second-order valence-corrected chi connectivity index (χ2v) is 10.3. The second kappa shape index (κ2) is 10.7. The molecule has 2 aromatic heterocycles. The van der Waals surface area contributed by atoms with Gasteiger partial charge in [-0.15, -0.1) is 0 Å². The van der Waals surface area contributed by atoms with Crippen LogP contribution in [0, 0.1) is 13.8 Å². The summed E-state index contributed by atoms with van der Waals surface area (Å²) in [5, 5.41) is 5.64. The van der Waals surface area contributed by atoms with Crippen LogP contribution < -0.4 is 4.90 Å². The number of aromatic nitrogens is 4. The molecule has 196 valence electrons. The molecule has 7 heteroatoms. The Morgan fingerprint density at radius 2 is 1.51 bits per heavy atom. The van der Waals surface area contributed by atoms with Crippen LogP contribution in [0.2, 0.25) is 0 Å². The molecule has 6 rings (SSSR count). The van der Waals surface area contributed by atoms with Crippen molar-refractivity contribution in [2.24, 2.45) is 0 Å². The van der Waals surface area contributed by atoms with Crippen molar-refractivity contribution in [3.8, 4) is 5.69 Å². The number of nitrogens with zero attached hydrogens (tertiary/aromatic N) is 6. The Morgan fingerprint density at radius 3 is 2.26 bits per heavy atom. The molecule has 1 aliphatic rings. The van der Waals surface area contributed by atoms with Gasteiger partial charge in [-0.2, -0.15) is 5.10 Å². The smallest absolute Gasteiger partial charge is 0.253 e. The molecule has 39 heavy (non-hydrogen) atoms. The molecule has 1 amide bonds. The van der Waals surface area contributed by atoms with Crippen molar-refractivity contribution >= 4 is 22.8 Å². The first kappa shape index (κ1) is 24.8. The van der Waals surface area contributed by atoms with Gasteiger partial charge in [-0.25, -0.2) is 14.6 Å². The molecular weight excluding hydrogens is 484 g/mol. The summed E-state index contributed by atoms with van der Waals surface area (Å²) in [5.74, 6) is 1.73. The lowest BCUT2D eigenvalue weighted by atomic mass is 10.1. The van der Waals surface area contributed by atoms with Crippen LogP contribution >= 0.6 is 0 Å². The van der Waals surface area contributed by atoms with Crippen LogP contribution in [0.25, 0.3) is 16.7 Å². The zero-order valence-electron chi connectivity index (χ0n) is 22.4. The Labute approximate surface area is 228 Å². The molecule has 7 nitrogen and oxygen atoms in total. The van der Waals surface area contributed by atoms with Gasteiger partial charge in [0.25, 0.3) is 5.91 Å². The Hall–Kier alpha value is -4.52. The normalized spacial score (nSPS) is 14.0. The minimum Gasteiger partial charge on any atom is -0.354 e. The van der Waals surface area contributed by atoms with Crippen LogP contribution in [0.1, 0.15) is 39.3 Å². The Kier molecular flexibility index (Phi) is 6.80. The van der Waals surface area contributed by atoms with Crippen molar-refractivity contribution in [3.05, 3.63) is 113 Å². The van der Waals surface area contributed by atoms with Crippen molar-refractivity contribution in [1.82, 2.24) is 24.6 Å². The van der Waals surface area contributed by atoms with Gasteiger partial charge in [-0.1, -0.05) is 65.7 Å². The fourth-order valence-corrected chi connectivity index (χ4v) is 5.11. The number of para-hydroxylation sites is 1. The third-order valence-electron chi connectivity index (χ3n) is 7.32. The molecule has 1 fully saturated rings. The van der Waals surface area contributed by atoms with E-state index in [2.05, 4.69) is 36.1 Å². The van der Waals surface area contributed by atoms with Gasteiger partial charge in [0.15, 0.2) is 5.65 Å². The number of amides is 1. The summed E-state index contributed by atoms with van der Waals surface area (Å²) in [7, 11) is 0.